The Labute approximate surface area is 59.2 Å². The molecule has 0 atom stereocenters. The van der Waals surface area contributed by atoms with Crippen LogP contribution in [0.4, 0.5) is 0 Å². The summed E-state index contributed by atoms with van der Waals surface area (Å²) in [4.78, 5) is 0. The maximum Gasteiger partial charge on any atom is 0.0630 e. The second kappa shape index (κ2) is 3.76. The first kappa shape index (κ1) is 6.91. The van der Waals surface area contributed by atoms with E-state index in [0.29, 0.717) is 11.7 Å². The fourth-order valence-corrected chi connectivity index (χ4v) is 1.51. The molecule has 0 saturated carbocycles. The van der Waals surface area contributed by atoms with Crippen molar-refractivity contribution in [2.45, 2.75) is 11.7 Å². The molecule has 1 rings (SSSR count). The Balaban J connectivity index is 1.87. The largest absolute Gasteiger partial charge is 0.379 e. The van der Waals surface area contributed by atoms with Crippen LogP contribution >= 0.6 is 11.8 Å². The second-order valence-electron chi connectivity index (χ2n) is 1.94. The third-order valence-corrected chi connectivity index (χ3v) is 2.36. The standard InChI is InChI=1S/C6H9NOS/c7-2-1-3-9-6-4-8-5-6/h6H,1,3-5H2. The lowest BCUT2D eigenvalue weighted by Crippen LogP contribution is -2.30. The molecule has 2 nitrogen and oxygen atoms in total. The van der Waals surface area contributed by atoms with Crippen molar-refractivity contribution in [2.24, 2.45) is 0 Å². The molecule has 1 aliphatic rings. The van der Waals surface area contributed by atoms with E-state index in [1.165, 1.54) is 0 Å². The summed E-state index contributed by atoms with van der Waals surface area (Å²) in [6.07, 6.45) is 0.668. The molecule has 1 saturated heterocycles. The Morgan fingerprint density at radius 3 is 2.89 bits per heavy atom. The highest BCUT2D eigenvalue weighted by Gasteiger charge is 2.17. The molecule has 3 heteroatoms. The predicted octanol–water partition coefficient (Wildman–Crippen LogP) is 1.03. The van der Waals surface area contributed by atoms with Crippen LogP contribution in [0.15, 0.2) is 0 Å². The molecule has 0 N–H and O–H groups in total. The van der Waals surface area contributed by atoms with Gasteiger partial charge in [-0.25, -0.2) is 0 Å². The molecule has 1 heterocycles. The molecule has 1 aliphatic heterocycles. The Morgan fingerprint density at radius 2 is 2.44 bits per heavy atom. The van der Waals surface area contributed by atoms with Crippen LogP contribution in [0.5, 0.6) is 0 Å². The summed E-state index contributed by atoms with van der Waals surface area (Å²) in [5.41, 5.74) is 0. The molecular formula is C6H9NOS. The van der Waals surface area contributed by atoms with Gasteiger partial charge in [-0.3, -0.25) is 0 Å². The van der Waals surface area contributed by atoms with Gasteiger partial charge in [-0.15, -0.1) is 0 Å². The van der Waals surface area contributed by atoms with Crippen LogP contribution in [0.25, 0.3) is 0 Å². The summed E-state index contributed by atoms with van der Waals surface area (Å²) < 4.78 is 4.96. The van der Waals surface area contributed by atoms with Crippen LogP contribution in [0.1, 0.15) is 6.42 Å². The maximum absolute atomic E-state index is 8.18. The zero-order chi connectivity index (χ0) is 6.53. The lowest BCUT2D eigenvalue weighted by Gasteiger charge is -2.24. The summed E-state index contributed by atoms with van der Waals surface area (Å²) in [5, 5.41) is 8.85. The summed E-state index contributed by atoms with van der Waals surface area (Å²) >= 11 is 1.84. The second-order valence-corrected chi connectivity index (χ2v) is 3.35. The number of rotatable bonds is 3. The van der Waals surface area contributed by atoms with Crippen molar-refractivity contribution in [2.75, 3.05) is 19.0 Å². The Bertz CT molecular complexity index is 117. The molecule has 50 valence electrons. The van der Waals surface area contributed by atoms with Gasteiger partial charge < -0.3 is 4.74 Å². The van der Waals surface area contributed by atoms with Gasteiger partial charge in [0.2, 0.25) is 0 Å². The molecule has 0 aliphatic carbocycles. The zero-order valence-corrected chi connectivity index (χ0v) is 5.99. The summed E-state index contributed by atoms with van der Waals surface area (Å²) in [5.74, 6) is 0.963. The van der Waals surface area contributed by atoms with Crippen LogP contribution in [0.3, 0.4) is 0 Å². The third-order valence-electron chi connectivity index (χ3n) is 1.17. The van der Waals surface area contributed by atoms with Crippen molar-refractivity contribution in [1.29, 1.82) is 5.26 Å². The first-order valence-electron chi connectivity index (χ1n) is 3.00. The molecule has 0 bridgehead atoms. The molecular weight excluding hydrogens is 134 g/mol. The molecule has 0 unspecified atom stereocenters. The molecule has 0 amide bonds. The predicted molar refractivity (Wildman–Crippen MR) is 37.3 cm³/mol. The normalized spacial score (nSPS) is 18.6. The molecule has 0 aromatic rings. The van der Waals surface area contributed by atoms with Crippen LogP contribution in [0, 0.1) is 11.3 Å². The highest BCUT2D eigenvalue weighted by atomic mass is 32.2. The minimum atomic E-state index is 0.668. The van der Waals surface area contributed by atoms with E-state index in [2.05, 4.69) is 6.07 Å². The van der Waals surface area contributed by atoms with Gasteiger partial charge in [-0.2, -0.15) is 17.0 Å². The van der Waals surface area contributed by atoms with Crippen molar-refractivity contribution in [3.8, 4) is 6.07 Å². The van der Waals surface area contributed by atoms with Gasteiger partial charge in [0, 0.05) is 12.2 Å². The molecule has 1 fully saturated rings. The fraction of sp³-hybridized carbons (Fsp3) is 0.833. The van der Waals surface area contributed by atoms with Gasteiger partial charge in [0.05, 0.1) is 24.5 Å². The van der Waals surface area contributed by atoms with Crippen LogP contribution in [0.2, 0.25) is 0 Å². The van der Waals surface area contributed by atoms with Gasteiger partial charge in [-0.1, -0.05) is 0 Å². The maximum atomic E-state index is 8.18. The number of ether oxygens (including phenoxy) is 1. The van der Waals surface area contributed by atoms with Crippen molar-refractivity contribution in [3.05, 3.63) is 0 Å². The average molecular weight is 143 g/mol. The van der Waals surface area contributed by atoms with Gasteiger partial charge in [0.15, 0.2) is 0 Å². The zero-order valence-electron chi connectivity index (χ0n) is 5.17. The summed E-state index contributed by atoms with van der Waals surface area (Å²) in [7, 11) is 0. The average Bonchev–Trinajstić information content (AvgIpc) is 1.76. The molecule has 0 spiro atoms. The van der Waals surface area contributed by atoms with E-state index in [1.54, 1.807) is 0 Å². The highest BCUT2D eigenvalue weighted by molar-refractivity contribution is 8.00. The highest BCUT2D eigenvalue weighted by Crippen LogP contribution is 2.18. The fourth-order valence-electron chi connectivity index (χ4n) is 0.582. The van der Waals surface area contributed by atoms with E-state index >= 15 is 0 Å². The first-order chi connectivity index (χ1) is 4.43. The Morgan fingerprint density at radius 1 is 1.67 bits per heavy atom. The number of nitrogens with zero attached hydrogens (tertiary/aromatic N) is 1. The van der Waals surface area contributed by atoms with Crippen molar-refractivity contribution < 1.29 is 4.74 Å². The Hall–Kier alpha value is -0.200. The smallest absolute Gasteiger partial charge is 0.0630 e. The summed E-state index contributed by atoms with van der Waals surface area (Å²) in [6, 6.07) is 2.11. The van der Waals surface area contributed by atoms with Crippen molar-refractivity contribution in [3.63, 3.8) is 0 Å². The van der Waals surface area contributed by atoms with Crippen molar-refractivity contribution in [1.82, 2.24) is 0 Å². The molecule has 0 aromatic heterocycles. The quantitative estimate of drug-likeness (QED) is 0.553. The number of hydrogen-bond donors (Lipinski definition) is 0. The van der Waals surface area contributed by atoms with Crippen LogP contribution in [-0.2, 0) is 4.74 Å². The van der Waals surface area contributed by atoms with E-state index < -0.39 is 0 Å². The number of hydrogen-bond acceptors (Lipinski definition) is 3. The van der Waals surface area contributed by atoms with E-state index in [1.807, 2.05) is 11.8 Å². The Kier molecular flexibility index (Phi) is 2.88. The van der Waals surface area contributed by atoms with Crippen LogP contribution < -0.4 is 0 Å². The SMILES string of the molecule is N#CCCSC1COC1. The third kappa shape index (κ3) is 2.25. The minimum absolute atomic E-state index is 0.668. The van der Waals surface area contributed by atoms with E-state index in [4.69, 9.17) is 10.00 Å². The van der Waals surface area contributed by atoms with E-state index in [-0.39, 0.29) is 0 Å². The van der Waals surface area contributed by atoms with E-state index in [0.717, 1.165) is 19.0 Å². The molecule has 9 heavy (non-hydrogen) atoms. The van der Waals surface area contributed by atoms with Crippen LogP contribution in [-0.4, -0.2) is 24.2 Å². The van der Waals surface area contributed by atoms with Crippen molar-refractivity contribution >= 4 is 11.8 Å². The summed E-state index contributed by atoms with van der Waals surface area (Å²) in [6.45, 7) is 1.77. The van der Waals surface area contributed by atoms with Gasteiger partial charge in [0.25, 0.3) is 0 Å². The lowest BCUT2D eigenvalue weighted by atomic mass is 10.4. The van der Waals surface area contributed by atoms with Gasteiger partial charge in [-0.05, 0) is 0 Å². The lowest BCUT2D eigenvalue weighted by molar-refractivity contribution is 0.0455. The number of thioether (sulfide) groups is 1. The van der Waals surface area contributed by atoms with E-state index in [9.17, 15) is 0 Å². The van der Waals surface area contributed by atoms with Gasteiger partial charge >= 0.3 is 0 Å². The molecule has 0 aromatic carbocycles. The van der Waals surface area contributed by atoms with Gasteiger partial charge in [0.1, 0.15) is 0 Å². The monoisotopic (exact) mass is 143 g/mol. The minimum Gasteiger partial charge on any atom is -0.379 e. The molecule has 0 radical (unpaired) electrons. The number of nitriles is 1. The first-order valence-corrected chi connectivity index (χ1v) is 4.04. The topological polar surface area (TPSA) is 33.0 Å².